The summed E-state index contributed by atoms with van der Waals surface area (Å²) in [6.45, 7) is 20.5. The van der Waals surface area contributed by atoms with E-state index in [-0.39, 0.29) is 0 Å². The number of hydrogen-bond acceptors (Lipinski definition) is 0. The van der Waals surface area contributed by atoms with Crippen LogP contribution in [0.2, 0.25) is 0 Å². The number of fused-ring (bicyclic) bond motifs is 1. The molecule has 0 bridgehead atoms. The van der Waals surface area contributed by atoms with Gasteiger partial charge in [0.2, 0.25) is 0 Å². The molecule has 0 saturated heterocycles. The van der Waals surface area contributed by atoms with Crippen molar-refractivity contribution in [3.8, 4) is 0 Å². The Bertz CT molecular complexity index is 1160. The molecule has 0 aliphatic heterocycles. The normalized spacial score (nSPS) is 21.3. The first-order valence-electron chi connectivity index (χ1n) is 13.0. The highest BCUT2D eigenvalue weighted by molar-refractivity contribution is 5.67. The Balaban J connectivity index is 1.76. The maximum Gasteiger partial charge on any atom is 0.0201 e. The standard InChI is InChI=1S/C34H40/c1-8-10-23(5)32-24(6)19-31-21-30(20-27-13-11-26(9-2)12-14-27)25(7)33(31)34(32)29-17-15-28(16-18-29)22(3)4/h11-20,22,33-34H,5,7-10,21H2,1-4,6H3. The number of benzene rings is 2. The van der Waals surface area contributed by atoms with E-state index in [4.69, 9.17) is 0 Å². The van der Waals surface area contributed by atoms with Gasteiger partial charge in [-0.2, -0.15) is 0 Å². The highest BCUT2D eigenvalue weighted by Gasteiger charge is 2.40. The van der Waals surface area contributed by atoms with Crippen molar-refractivity contribution in [2.75, 3.05) is 0 Å². The maximum atomic E-state index is 4.67. The number of aryl methyl sites for hydroxylation is 1. The van der Waals surface area contributed by atoms with Crippen LogP contribution in [0, 0.1) is 5.92 Å². The fourth-order valence-electron chi connectivity index (χ4n) is 5.77. The van der Waals surface area contributed by atoms with Crippen LogP contribution in [0.3, 0.4) is 0 Å². The van der Waals surface area contributed by atoms with Crippen molar-refractivity contribution in [3.05, 3.63) is 123 Å². The van der Waals surface area contributed by atoms with E-state index in [1.54, 1.807) is 0 Å². The van der Waals surface area contributed by atoms with E-state index in [2.05, 4.69) is 108 Å². The zero-order valence-electron chi connectivity index (χ0n) is 21.7. The van der Waals surface area contributed by atoms with E-state index in [0.29, 0.717) is 17.8 Å². The molecule has 1 fully saturated rings. The SMILES string of the molecule is C=C(CCC)C1=C(C)C=C2CC(=Cc3ccc(CC)cc3)C(=C)C2C1c1ccc(C(C)C)cc1. The molecule has 0 nitrogen and oxygen atoms in total. The zero-order valence-corrected chi connectivity index (χ0v) is 21.7. The Morgan fingerprint density at radius 2 is 1.68 bits per heavy atom. The predicted molar refractivity (Wildman–Crippen MR) is 149 cm³/mol. The van der Waals surface area contributed by atoms with Crippen LogP contribution in [-0.2, 0) is 6.42 Å². The highest BCUT2D eigenvalue weighted by Crippen LogP contribution is 2.55. The lowest BCUT2D eigenvalue weighted by molar-refractivity contribution is 0.619. The fraction of sp³-hybridized carbons (Fsp3) is 0.353. The van der Waals surface area contributed by atoms with Crippen molar-refractivity contribution in [2.24, 2.45) is 5.92 Å². The van der Waals surface area contributed by atoms with Gasteiger partial charge in [0.05, 0.1) is 0 Å². The smallest absolute Gasteiger partial charge is 0.0201 e. The quantitative estimate of drug-likeness (QED) is 0.395. The van der Waals surface area contributed by atoms with Crippen molar-refractivity contribution in [2.45, 2.75) is 72.1 Å². The second kappa shape index (κ2) is 10.2. The van der Waals surface area contributed by atoms with Gasteiger partial charge >= 0.3 is 0 Å². The molecule has 0 amide bonds. The summed E-state index contributed by atoms with van der Waals surface area (Å²) in [4.78, 5) is 0. The average molecular weight is 449 g/mol. The predicted octanol–water partition coefficient (Wildman–Crippen LogP) is 9.73. The van der Waals surface area contributed by atoms with Crippen LogP contribution in [0.5, 0.6) is 0 Å². The number of allylic oxidation sites excluding steroid dienone is 7. The summed E-state index contributed by atoms with van der Waals surface area (Å²) in [5.41, 5.74) is 13.7. The van der Waals surface area contributed by atoms with Gasteiger partial charge in [0.1, 0.15) is 0 Å². The first-order chi connectivity index (χ1) is 16.3. The molecule has 2 aromatic rings. The highest BCUT2D eigenvalue weighted by atomic mass is 14.4. The number of hydrogen-bond donors (Lipinski definition) is 0. The molecular weight excluding hydrogens is 408 g/mol. The monoisotopic (exact) mass is 448 g/mol. The Kier molecular flexibility index (Phi) is 7.27. The first-order valence-corrected chi connectivity index (χ1v) is 13.0. The molecule has 1 saturated carbocycles. The fourth-order valence-corrected chi connectivity index (χ4v) is 5.77. The van der Waals surface area contributed by atoms with Crippen molar-refractivity contribution >= 4 is 6.08 Å². The van der Waals surface area contributed by atoms with Gasteiger partial charge in [0, 0.05) is 11.8 Å². The molecule has 2 aliphatic carbocycles. The van der Waals surface area contributed by atoms with Gasteiger partial charge in [-0.25, -0.2) is 0 Å². The lowest BCUT2D eigenvalue weighted by atomic mass is 9.69. The Morgan fingerprint density at radius 1 is 1.00 bits per heavy atom. The molecule has 2 aliphatic rings. The molecule has 0 N–H and O–H groups in total. The largest absolute Gasteiger partial charge is 0.0955 e. The van der Waals surface area contributed by atoms with Crippen molar-refractivity contribution in [1.82, 2.24) is 0 Å². The van der Waals surface area contributed by atoms with Gasteiger partial charge in [0.25, 0.3) is 0 Å². The van der Waals surface area contributed by atoms with E-state index in [0.717, 1.165) is 25.7 Å². The molecule has 2 atom stereocenters. The van der Waals surface area contributed by atoms with Crippen LogP contribution in [0.4, 0.5) is 0 Å². The molecule has 34 heavy (non-hydrogen) atoms. The van der Waals surface area contributed by atoms with Gasteiger partial charge in [-0.1, -0.05) is 119 Å². The summed E-state index contributed by atoms with van der Waals surface area (Å²) in [5.74, 6) is 1.15. The third kappa shape index (κ3) is 4.69. The molecule has 0 spiro atoms. The van der Waals surface area contributed by atoms with Gasteiger partial charge in [-0.3, -0.25) is 0 Å². The second-order valence-electron chi connectivity index (χ2n) is 10.4. The van der Waals surface area contributed by atoms with Crippen molar-refractivity contribution < 1.29 is 0 Å². The second-order valence-corrected chi connectivity index (χ2v) is 10.4. The van der Waals surface area contributed by atoms with Gasteiger partial charge < -0.3 is 0 Å². The van der Waals surface area contributed by atoms with Gasteiger partial charge in [-0.15, -0.1) is 0 Å². The molecule has 0 aromatic heterocycles. The van der Waals surface area contributed by atoms with E-state index in [9.17, 15) is 0 Å². The summed E-state index contributed by atoms with van der Waals surface area (Å²) in [7, 11) is 0. The molecule has 176 valence electrons. The summed E-state index contributed by atoms with van der Waals surface area (Å²) in [5, 5.41) is 0. The molecular formula is C34H40. The topological polar surface area (TPSA) is 0 Å². The van der Waals surface area contributed by atoms with Gasteiger partial charge in [-0.05, 0) is 76.7 Å². The van der Waals surface area contributed by atoms with E-state index >= 15 is 0 Å². The molecule has 0 heteroatoms. The zero-order chi connectivity index (χ0) is 24.4. The number of rotatable bonds is 7. The molecule has 0 heterocycles. The van der Waals surface area contributed by atoms with Crippen molar-refractivity contribution in [1.29, 1.82) is 0 Å². The minimum Gasteiger partial charge on any atom is -0.0955 e. The van der Waals surface area contributed by atoms with Crippen LogP contribution in [-0.4, -0.2) is 0 Å². The van der Waals surface area contributed by atoms with Crippen LogP contribution in [0.25, 0.3) is 6.08 Å². The Hall–Kier alpha value is -2.86. The Morgan fingerprint density at radius 3 is 2.26 bits per heavy atom. The summed E-state index contributed by atoms with van der Waals surface area (Å²) >= 11 is 0. The summed E-state index contributed by atoms with van der Waals surface area (Å²) in [6.07, 6.45) is 9.02. The minimum atomic E-state index is 0.293. The van der Waals surface area contributed by atoms with Crippen molar-refractivity contribution in [3.63, 3.8) is 0 Å². The van der Waals surface area contributed by atoms with Crippen LogP contribution in [0.15, 0.2) is 101 Å². The Labute approximate surface area is 207 Å². The van der Waals surface area contributed by atoms with Crippen LogP contribution >= 0.6 is 0 Å². The third-order valence-electron chi connectivity index (χ3n) is 7.68. The minimum absolute atomic E-state index is 0.293. The van der Waals surface area contributed by atoms with E-state index in [1.807, 2.05) is 0 Å². The average Bonchev–Trinajstić information content (AvgIpc) is 3.13. The maximum absolute atomic E-state index is 4.67. The lowest BCUT2D eigenvalue weighted by Crippen LogP contribution is -2.21. The van der Waals surface area contributed by atoms with Gasteiger partial charge in [0.15, 0.2) is 0 Å². The molecule has 0 radical (unpaired) electrons. The van der Waals surface area contributed by atoms with E-state index in [1.165, 1.54) is 55.7 Å². The van der Waals surface area contributed by atoms with Crippen LogP contribution < -0.4 is 0 Å². The molecule has 2 aromatic carbocycles. The lowest BCUT2D eigenvalue weighted by Gasteiger charge is -2.34. The first kappa shape index (κ1) is 24.3. The van der Waals surface area contributed by atoms with E-state index < -0.39 is 0 Å². The third-order valence-corrected chi connectivity index (χ3v) is 7.68. The summed E-state index contributed by atoms with van der Waals surface area (Å²) in [6, 6.07) is 18.3. The summed E-state index contributed by atoms with van der Waals surface area (Å²) < 4.78 is 0. The molecule has 2 unspecified atom stereocenters. The van der Waals surface area contributed by atoms with Crippen LogP contribution in [0.1, 0.15) is 88.0 Å². The molecule has 4 rings (SSSR count).